The predicted octanol–water partition coefficient (Wildman–Crippen LogP) is 8.05. The van der Waals surface area contributed by atoms with E-state index in [1.807, 2.05) is 25.7 Å². The third-order valence-corrected chi connectivity index (χ3v) is 12.8. The van der Waals surface area contributed by atoms with Gasteiger partial charge in [-0.15, -0.1) is 0 Å². The number of hydrogen-bond donors (Lipinski definition) is 0. The van der Waals surface area contributed by atoms with Crippen LogP contribution in [0.5, 0.6) is 5.88 Å². The summed E-state index contributed by atoms with van der Waals surface area (Å²) in [7, 11) is 2.16. The third-order valence-electron chi connectivity index (χ3n) is 12.2. The maximum atomic E-state index is 13.4. The lowest BCUT2D eigenvalue weighted by atomic mass is 9.41. The molecule has 49 heavy (non-hydrogen) atoms. The Morgan fingerprint density at radius 2 is 1.88 bits per heavy atom. The molecule has 7 fully saturated rings. The van der Waals surface area contributed by atoms with Crippen LogP contribution in [0.4, 0.5) is 10.5 Å². The summed E-state index contributed by atoms with van der Waals surface area (Å²) in [5.41, 5.74) is 4.87. The van der Waals surface area contributed by atoms with Crippen molar-refractivity contribution >= 4 is 38.5 Å². The maximum absolute atomic E-state index is 13.4. The molecule has 2 aromatic carbocycles. The SMILES string of the molecule is CN1CCC[C@H]1COc1nc(C2[C@H]3CN(C(=O)OC(C)(C)C)CCC4CC2(C4)C3)c2c(c1C#N)CN(c1cccc3cccc(Br)c13)CC2. The molecule has 8 nitrogen and oxygen atoms in total. The molecule has 3 bridgehead atoms. The number of benzene rings is 2. The molecule has 2 saturated carbocycles. The van der Waals surface area contributed by atoms with Crippen molar-refractivity contribution in [3.8, 4) is 11.9 Å². The van der Waals surface area contributed by atoms with Crippen molar-refractivity contribution in [2.45, 2.75) is 89.8 Å². The van der Waals surface area contributed by atoms with Gasteiger partial charge in [0.15, 0.2) is 0 Å². The van der Waals surface area contributed by atoms with Gasteiger partial charge in [-0.1, -0.05) is 40.2 Å². The van der Waals surface area contributed by atoms with Gasteiger partial charge in [0.25, 0.3) is 0 Å². The summed E-state index contributed by atoms with van der Waals surface area (Å²) in [5, 5.41) is 13.1. The first-order chi connectivity index (χ1) is 23.5. The Morgan fingerprint density at radius 1 is 1.08 bits per heavy atom. The zero-order chi connectivity index (χ0) is 34.1. The van der Waals surface area contributed by atoms with Gasteiger partial charge in [-0.25, -0.2) is 9.78 Å². The highest BCUT2D eigenvalue weighted by Gasteiger charge is 2.62. The normalized spacial score (nSPS) is 28.0. The summed E-state index contributed by atoms with van der Waals surface area (Å²) in [6, 6.07) is 15.7. The third kappa shape index (κ3) is 5.87. The van der Waals surface area contributed by atoms with E-state index in [4.69, 9.17) is 14.5 Å². The average molecular weight is 727 g/mol. The van der Waals surface area contributed by atoms with Gasteiger partial charge in [-0.3, -0.25) is 0 Å². The van der Waals surface area contributed by atoms with Crippen molar-refractivity contribution < 1.29 is 14.3 Å². The first-order valence-corrected chi connectivity index (χ1v) is 19.0. The molecule has 0 N–H and O–H groups in total. The number of fused-ring (bicyclic) bond motifs is 2. The van der Waals surface area contributed by atoms with E-state index >= 15 is 0 Å². The molecule has 1 amide bonds. The van der Waals surface area contributed by atoms with Crippen LogP contribution in [-0.2, 0) is 17.7 Å². The molecule has 1 unspecified atom stereocenters. The number of likely N-dealkylation sites (tertiary alicyclic amines) is 1. The second kappa shape index (κ2) is 12.5. The lowest BCUT2D eigenvalue weighted by Gasteiger charge is -2.63. The number of halogens is 1. The minimum atomic E-state index is -0.531. The summed E-state index contributed by atoms with van der Waals surface area (Å²) in [4.78, 5) is 25.6. The molecule has 7 heterocycles. The molecule has 5 saturated heterocycles. The largest absolute Gasteiger partial charge is 0.475 e. The molecular formula is C40H48BrN5O3. The number of rotatable bonds is 5. The monoisotopic (exact) mass is 725 g/mol. The number of aromatic nitrogens is 1. The minimum Gasteiger partial charge on any atom is -0.475 e. The van der Waals surface area contributed by atoms with E-state index in [2.05, 4.69) is 75.2 Å². The number of ether oxygens (including phenoxy) is 2. The number of anilines is 1. The molecule has 2 aliphatic carbocycles. The van der Waals surface area contributed by atoms with Crippen molar-refractivity contribution in [1.29, 1.82) is 5.26 Å². The van der Waals surface area contributed by atoms with Gasteiger partial charge >= 0.3 is 6.09 Å². The topological polar surface area (TPSA) is 81.9 Å². The predicted molar refractivity (Wildman–Crippen MR) is 195 cm³/mol. The van der Waals surface area contributed by atoms with E-state index in [9.17, 15) is 10.1 Å². The van der Waals surface area contributed by atoms with Crippen molar-refractivity contribution in [2.75, 3.05) is 44.7 Å². The second-order valence-electron chi connectivity index (χ2n) is 16.4. The van der Waals surface area contributed by atoms with Gasteiger partial charge in [0.1, 0.15) is 23.8 Å². The Labute approximate surface area is 298 Å². The van der Waals surface area contributed by atoms with Crippen LogP contribution < -0.4 is 9.64 Å². The number of carbonyl (C=O) groups excluding carboxylic acids is 1. The first-order valence-electron chi connectivity index (χ1n) is 18.2. The number of likely N-dealkylation sites (N-methyl/N-ethyl adjacent to an activating group) is 1. The fraction of sp³-hybridized carbons (Fsp3) is 0.575. The molecule has 1 spiro atoms. The molecule has 9 heteroatoms. The highest BCUT2D eigenvalue weighted by molar-refractivity contribution is 9.10. The highest BCUT2D eigenvalue weighted by Crippen LogP contribution is 2.70. The van der Waals surface area contributed by atoms with Gasteiger partial charge in [0.2, 0.25) is 5.88 Å². The standard InChI is InChI=1S/C40H48BrN5O3/c1-39(2,3)49-38(47)46-16-13-25-18-40(19-25)20-27(22-46)35(40)36-29-14-17-45(33-12-6-9-26-8-5-11-32(41)34(26)33)23-31(29)30(21-42)37(43-36)48-24-28-10-7-15-44(28)4/h5-6,8-9,11-12,25,27-28,35H,7,10,13-20,22-24H2,1-4H3/t25?,27-,28+,35?,40?/m1/s1. The Morgan fingerprint density at radius 3 is 2.61 bits per heavy atom. The van der Waals surface area contributed by atoms with Crippen molar-refractivity contribution in [2.24, 2.45) is 17.3 Å². The number of nitrogens with zero attached hydrogens (tertiary/aromatic N) is 5. The minimum absolute atomic E-state index is 0.206. The van der Waals surface area contributed by atoms with Crippen LogP contribution in [0.1, 0.15) is 87.6 Å². The van der Waals surface area contributed by atoms with Gasteiger partial charge < -0.3 is 24.2 Å². The zero-order valence-corrected chi connectivity index (χ0v) is 30.9. The lowest BCUT2D eigenvalue weighted by Crippen LogP contribution is -2.56. The Kier molecular flexibility index (Phi) is 8.34. The molecule has 6 aliphatic heterocycles. The van der Waals surface area contributed by atoms with Crippen LogP contribution in [0.25, 0.3) is 10.8 Å². The molecule has 0 radical (unpaired) electrons. The molecular weight excluding hydrogens is 678 g/mol. The van der Waals surface area contributed by atoms with E-state index in [1.54, 1.807) is 0 Å². The number of pyridine rings is 1. The lowest BCUT2D eigenvalue weighted by molar-refractivity contribution is -0.0951. The van der Waals surface area contributed by atoms with Crippen LogP contribution in [0.2, 0.25) is 0 Å². The summed E-state index contributed by atoms with van der Waals surface area (Å²) in [6.07, 6.45) is 7.38. The van der Waals surface area contributed by atoms with Gasteiger partial charge in [-0.05, 0) is 125 Å². The number of carbonyl (C=O) groups is 1. The maximum Gasteiger partial charge on any atom is 0.410 e. The molecule has 11 rings (SSSR count). The molecule has 8 aliphatic rings. The zero-order valence-electron chi connectivity index (χ0n) is 29.3. The summed E-state index contributed by atoms with van der Waals surface area (Å²) in [6.45, 7) is 10.3. The quantitative estimate of drug-likeness (QED) is 0.263. The van der Waals surface area contributed by atoms with Crippen LogP contribution in [0, 0.1) is 28.6 Å². The van der Waals surface area contributed by atoms with Crippen LogP contribution in [0.3, 0.4) is 0 Å². The summed E-state index contributed by atoms with van der Waals surface area (Å²) >= 11 is 3.83. The fourth-order valence-electron chi connectivity index (χ4n) is 9.93. The Balaban J connectivity index is 1.20. The number of nitriles is 1. The molecule has 3 atom stereocenters. The van der Waals surface area contributed by atoms with Crippen molar-refractivity contribution in [3.63, 3.8) is 0 Å². The second-order valence-corrected chi connectivity index (χ2v) is 17.3. The highest BCUT2D eigenvalue weighted by atomic mass is 79.9. The molecule has 1 aromatic heterocycles. The van der Waals surface area contributed by atoms with Crippen LogP contribution in [-0.4, -0.2) is 72.4 Å². The van der Waals surface area contributed by atoms with E-state index in [1.165, 1.54) is 34.9 Å². The van der Waals surface area contributed by atoms with Gasteiger partial charge in [-0.2, -0.15) is 5.26 Å². The van der Waals surface area contributed by atoms with Crippen molar-refractivity contribution in [3.05, 3.63) is 63.3 Å². The Bertz CT molecular complexity index is 1820. The summed E-state index contributed by atoms with van der Waals surface area (Å²) in [5.74, 6) is 1.66. The smallest absolute Gasteiger partial charge is 0.410 e. The van der Waals surface area contributed by atoms with Crippen LogP contribution >= 0.6 is 15.9 Å². The van der Waals surface area contributed by atoms with Crippen molar-refractivity contribution in [1.82, 2.24) is 14.8 Å². The van der Waals surface area contributed by atoms with E-state index in [0.717, 1.165) is 67.5 Å². The van der Waals surface area contributed by atoms with E-state index in [0.29, 0.717) is 49.0 Å². The molecule has 3 aromatic rings. The van der Waals surface area contributed by atoms with E-state index < -0.39 is 5.60 Å². The van der Waals surface area contributed by atoms with E-state index in [-0.39, 0.29) is 17.4 Å². The first kappa shape index (κ1) is 32.8. The van der Waals surface area contributed by atoms with Gasteiger partial charge in [0.05, 0.1) is 5.69 Å². The Hall–Kier alpha value is -3.35. The van der Waals surface area contributed by atoms with Gasteiger partial charge in [0, 0.05) is 53.7 Å². The number of amides is 1. The summed E-state index contributed by atoms with van der Waals surface area (Å²) < 4.78 is 13.6. The fourth-order valence-corrected chi connectivity index (χ4v) is 10.5. The average Bonchev–Trinajstić information content (AvgIpc) is 3.54. The molecule has 258 valence electrons. The van der Waals surface area contributed by atoms with Crippen LogP contribution in [0.15, 0.2) is 40.9 Å². The number of hydrogen-bond acceptors (Lipinski definition) is 7.